The number of furan rings is 1. The molecule has 3 aromatic rings. The Morgan fingerprint density at radius 3 is 2.54 bits per heavy atom. The summed E-state index contributed by atoms with van der Waals surface area (Å²) in [5, 5.41) is 16.7. The molecule has 2 amide bonds. The lowest BCUT2D eigenvalue weighted by Crippen LogP contribution is -2.32. The molecule has 10 nitrogen and oxygen atoms in total. The third-order valence-corrected chi connectivity index (χ3v) is 5.53. The summed E-state index contributed by atoms with van der Waals surface area (Å²) < 4.78 is 10.7. The van der Waals surface area contributed by atoms with Gasteiger partial charge in [0, 0.05) is 24.2 Å². The van der Waals surface area contributed by atoms with Crippen molar-refractivity contribution in [2.75, 3.05) is 19.0 Å². The third-order valence-electron chi connectivity index (χ3n) is 5.53. The summed E-state index contributed by atoms with van der Waals surface area (Å²) in [7, 11) is 1.38. The number of hydrogen-bond donors (Lipinski definition) is 2. The van der Waals surface area contributed by atoms with Crippen molar-refractivity contribution in [3.63, 3.8) is 0 Å². The van der Waals surface area contributed by atoms with Gasteiger partial charge >= 0.3 is 0 Å². The average Bonchev–Trinajstić information content (AvgIpc) is 3.51. The molecule has 1 aliphatic carbocycles. The van der Waals surface area contributed by atoms with Gasteiger partial charge in [0.1, 0.15) is 11.5 Å². The van der Waals surface area contributed by atoms with Crippen molar-refractivity contribution in [1.82, 2.24) is 10.2 Å². The molecular weight excluding hydrogens is 452 g/mol. The smallest absolute Gasteiger partial charge is 0.273 e. The first kappa shape index (κ1) is 24.0. The minimum atomic E-state index is -0.528. The van der Waals surface area contributed by atoms with Gasteiger partial charge in [-0.3, -0.25) is 24.6 Å². The number of carbonyl (C=O) groups is 2. The number of carbonyl (C=O) groups excluding carboxylic acids is 2. The largest absolute Gasteiger partial charge is 0.494 e. The molecule has 1 heterocycles. The van der Waals surface area contributed by atoms with Gasteiger partial charge in [0.2, 0.25) is 5.91 Å². The van der Waals surface area contributed by atoms with E-state index in [0.717, 1.165) is 18.4 Å². The maximum Gasteiger partial charge on any atom is 0.273 e. The van der Waals surface area contributed by atoms with Crippen LogP contribution in [0.2, 0.25) is 0 Å². The molecule has 1 aromatic heterocycles. The van der Waals surface area contributed by atoms with Gasteiger partial charge in [-0.15, -0.1) is 0 Å². The lowest BCUT2D eigenvalue weighted by molar-refractivity contribution is -0.384. The maximum absolute atomic E-state index is 12.9. The Balaban J connectivity index is 1.43. The molecule has 1 aliphatic rings. The number of nitrogens with zero attached hydrogens (tertiary/aromatic N) is 2. The van der Waals surface area contributed by atoms with E-state index in [1.54, 1.807) is 24.5 Å². The van der Waals surface area contributed by atoms with Gasteiger partial charge in [0.15, 0.2) is 0 Å². The highest BCUT2D eigenvalue weighted by Gasteiger charge is 2.24. The summed E-state index contributed by atoms with van der Waals surface area (Å²) >= 11 is 0. The van der Waals surface area contributed by atoms with Crippen LogP contribution in [0.15, 0.2) is 65.3 Å². The summed E-state index contributed by atoms with van der Waals surface area (Å²) in [5.74, 6) is 0.503. The number of rotatable bonds is 11. The minimum Gasteiger partial charge on any atom is -0.494 e. The Morgan fingerprint density at radius 1 is 1.14 bits per heavy atom. The van der Waals surface area contributed by atoms with Crippen molar-refractivity contribution in [2.24, 2.45) is 0 Å². The fourth-order valence-electron chi connectivity index (χ4n) is 3.60. The standard InChI is InChI=1S/C25H26N4O6/c1-34-23-13-20(29(32)33)10-11-22(23)27-24(30)16-28(15-21-3-2-12-35-21)14-17-4-6-18(7-5-17)25(31)26-19-8-9-19/h2-7,10-13,19H,8-9,14-16H2,1H3,(H,26,31)(H,27,30). The number of ether oxygens (including phenoxy) is 1. The molecule has 35 heavy (non-hydrogen) atoms. The van der Waals surface area contributed by atoms with E-state index in [2.05, 4.69) is 10.6 Å². The van der Waals surface area contributed by atoms with E-state index in [9.17, 15) is 19.7 Å². The van der Waals surface area contributed by atoms with Gasteiger partial charge in [-0.2, -0.15) is 0 Å². The Bertz CT molecular complexity index is 1190. The SMILES string of the molecule is COc1cc([N+](=O)[O-])ccc1NC(=O)CN(Cc1ccc(C(=O)NC2CC2)cc1)Cc1ccco1. The molecule has 0 bridgehead atoms. The first-order chi connectivity index (χ1) is 16.9. The van der Waals surface area contributed by atoms with Crippen LogP contribution >= 0.6 is 0 Å². The first-order valence-corrected chi connectivity index (χ1v) is 11.2. The Kier molecular flexibility index (Phi) is 7.41. The van der Waals surface area contributed by atoms with Gasteiger partial charge in [0.25, 0.3) is 11.6 Å². The van der Waals surface area contributed by atoms with Crippen LogP contribution in [0.1, 0.15) is 34.5 Å². The number of nitro benzene ring substituents is 1. The third kappa shape index (κ3) is 6.67. The fourth-order valence-corrected chi connectivity index (χ4v) is 3.60. The number of nitrogens with one attached hydrogen (secondary N) is 2. The molecule has 182 valence electrons. The highest BCUT2D eigenvalue weighted by Crippen LogP contribution is 2.29. The second-order valence-corrected chi connectivity index (χ2v) is 8.36. The van der Waals surface area contributed by atoms with Crippen molar-refractivity contribution in [3.05, 3.63) is 87.9 Å². The number of amides is 2. The van der Waals surface area contributed by atoms with E-state index >= 15 is 0 Å². The Morgan fingerprint density at radius 2 is 1.91 bits per heavy atom. The van der Waals surface area contributed by atoms with Crippen molar-refractivity contribution in [2.45, 2.75) is 32.0 Å². The first-order valence-electron chi connectivity index (χ1n) is 11.2. The minimum absolute atomic E-state index is 0.0325. The molecule has 0 radical (unpaired) electrons. The molecule has 2 aromatic carbocycles. The van der Waals surface area contributed by atoms with Crippen LogP contribution < -0.4 is 15.4 Å². The summed E-state index contributed by atoms with van der Waals surface area (Å²) in [5.41, 5.74) is 1.74. The Hall–Kier alpha value is -4.18. The molecule has 1 fully saturated rings. The van der Waals surface area contributed by atoms with E-state index in [1.807, 2.05) is 23.1 Å². The summed E-state index contributed by atoms with van der Waals surface area (Å²) in [6, 6.07) is 15.2. The second kappa shape index (κ2) is 10.8. The van der Waals surface area contributed by atoms with Crippen molar-refractivity contribution >= 4 is 23.2 Å². The van der Waals surface area contributed by atoms with Crippen LogP contribution in [0.5, 0.6) is 5.75 Å². The van der Waals surface area contributed by atoms with E-state index in [-0.39, 0.29) is 29.8 Å². The van der Waals surface area contributed by atoms with Crippen LogP contribution in [-0.2, 0) is 17.9 Å². The summed E-state index contributed by atoms with van der Waals surface area (Å²) in [6.07, 6.45) is 3.63. The summed E-state index contributed by atoms with van der Waals surface area (Å²) in [4.78, 5) is 37.5. The molecule has 0 unspecified atom stereocenters. The van der Waals surface area contributed by atoms with Crippen molar-refractivity contribution < 1.29 is 23.7 Å². The predicted octanol–water partition coefficient (Wildman–Crippen LogP) is 3.73. The second-order valence-electron chi connectivity index (χ2n) is 8.36. The zero-order valence-electron chi connectivity index (χ0n) is 19.2. The van der Waals surface area contributed by atoms with Gasteiger partial charge in [-0.1, -0.05) is 12.1 Å². The molecule has 0 spiro atoms. The lowest BCUT2D eigenvalue weighted by atomic mass is 10.1. The Labute approximate surface area is 202 Å². The molecule has 0 atom stereocenters. The molecule has 1 saturated carbocycles. The van der Waals surface area contributed by atoms with Crippen LogP contribution in [0.3, 0.4) is 0 Å². The van der Waals surface area contributed by atoms with Gasteiger partial charge in [-0.25, -0.2) is 0 Å². The zero-order valence-corrected chi connectivity index (χ0v) is 19.2. The van der Waals surface area contributed by atoms with Crippen molar-refractivity contribution in [3.8, 4) is 5.75 Å². The van der Waals surface area contributed by atoms with Crippen LogP contribution in [0.25, 0.3) is 0 Å². The number of non-ortho nitro benzene ring substituents is 1. The van der Waals surface area contributed by atoms with E-state index < -0.39 is 4.92 Å². The zero-order chi connectivity index (χ0) is 24.8. The fraction of sp³-hybridized carbons (Fsp3) is 0.280. The normalized spacial score (nSPS) is 12.9. The number of methoxy groups -OCH3 is 1. The van der Waals surface area contributed by atoms with Crippen molar-refractivity contribution in [1.29, 1.82) is 0 Å². The molecule has 0 saturated heterocycles. The van der Waals surface area contributed by atoms with Crippen LogP contribution in [0, 0.1) is 10.1 Å². The molecule has 2 N–H and O–H groups in total. The van der Waals surface area contributed by atoms with Crippen LogP contribution in [0.4, 0.5) is 11.4 Å². The number of benzene rings is 2. The van der Waals surface area contributed by atoms with Gasteiger partial charge < -0.3 is 19.8 Å². The molecular formula is C25H26N4O6. The molecule has 10 heteroatoms. The highest BCUT2D eigenvalue weighted by molar-refractivity contribution is 5.95. The summed E-state index contributed by atoms with van der Waals surface area (Å²) in [6.45, 7) is 0.864. The average molecular weight is 479 g/mol. The van der Waals surface area contributed by atoms with E-state index in [4.69, 9.17) is 9.15 Å². The van der Waals surface area contributed by atoms with Gasteiger partial charge in [-0.05, 0) is 48.7 Å². The van der Waals surface area contributed by atoms with E-state index in [1.165, 1.54) is 25.3 Å². The molecule has 4 rings (SSSR count). The molecule has 0 aliphatic heterocycles. The van der Waals surface area contributed by atoms with E-state index in [0.29, 0.717) is 36.1 Å². The lowest BCUT2D eigenvalue weighted by Gasteiger charge is -2.21. The maximum atomic E-state index is 12.9. The number of anilines is 1. The monoisotopic (exact) mass is 478 g/mol. The highest BCUT2D eigenvalue weighted by atomic mass is 16.6. The van der Waals surface area contributed by atoms with Gasteiger partial charge in [0.05, 0.1) is 43.1 Å². The van der Waals surface area contributed by atoms with Crippen LogP contribution in [-0.4, -0.2) is 41.3 Å². The number of hydrogen-bond acceptors (Lipinski definition) is 7. The topological polar surface area (TPSA) is 127 Å². The predicted molar refractivity (Wildman–Crippen MR) is 128 cm³/mol. The number of nitro groups is 1. The quantitative estimate of drug-likeness (QED) is 0.318.